The average molecular weight is 439 g/mol. The van der Waals surface area contributed by atoms with Gasteiger partial charge in [0.2, 0.25) is 0 Å². The molecular weight excluding hydrogens is 418 g/mol. The van der Waals surface area contributed by atoms with Crippen LogP contribution in [0.3, 0.4) is 0 Å². The summed E-state index contributed by atoms with van der Waals surface area (Å²) in [6.45, 7) is 1.75. The van der Waals surface area contributed by atoms with Crippen LogP contribution in [-0.4, -0.2) is 52.4 Å². The summed E-state index contributed by atoms with van der Waals surface area (Å²) in [5, 5.41) is 2.24. The number of hydrogen-bond acceptors (Lipinski definition) is 7. The number of hydrogen-bond donors (Lipinski definition) is 1. The Hall–Kier alpha value is -3.46. The number of thioether (sulfide) groups is 1. The summed E-state index contributed by atoms with van der Waals surface area (Å²) in [5.74, 6) is -0.279. The number of benzene rings is 1. The Kier molecular flexibility index (Phi) is 7.55. The first-order valence-electron chi connectivity index (χ1n) is 9.66. The number of carbonyl (C=O) groups excluding carboxylic acids is 4. The van der Waals surface area contributed by atoms with Crippen molar-refractivity contribution in [2.24, 2.45) is 0 Å². The van der Waals surface area contributed by atoms with Gasteiger partial charge in [0.05, 0.1) is 4.91 Å². The lowest BCUT2D eigenvalue weighted by Crippen LogP contribution is -2.38. The summed E-state index contributed by atoms with van der Waals surface area (Å²) in [7, 11) is 0. The van der Waals surface area contributed by atoms with Gasteiger partial charge in [-0.05, 0) is 53.7 Å². The Labute approximate surface area is 183 Å². The molecule has 8 nitrogen and oxygen atoms in total. The van der Waals surface area contributed by atoms with Crippen LogP contribution in [0.4, 0.5) is 4.79 Å². The van der Waals surface area contributed by atoms with E-state index in [1.165, 1.54) is 0 Å². The monoisotopic (exact) mass is 439 g/mol. The number of ketones is 1. The molecule has 0 spiro atoms. The zero-order valence-electron chi connectivity index (χ0n) is 16.9. The highest BCUT2D eigenvalue weighted by atomic mass is 32.2. The average Bonchev–Trinajstić information content (AvgIpc) is 3.05. The van der Waals surface area contributed by atoms with Crippen molar-refractivity contribution in [1.29, 1.82) is 0 Å². The molecule has 0 radical (unpaired) electrons. The van der Waals surface area contributed by atoms with Crippen LogP contribution in [0.5, 0.6) is 5.75 Å². The van der Waals surface area contributed by atoms with Gasteiger partial charge in [-0.3, -0.25) is 29.1 Å². The molecular formula is C22H21N3O5S. The van der Waals surface area contributed by atoms with Crippen LogP contribution in [0.2, 0.25) is 0 Å². The van der Waals surface area contributed by atoms with Gasteiger partial charge in [-0.25, -0.2) is 0 Å². The summed E-state index contributed by atoms with van der Waals surface area (Å²) in [5.41, 5.74) is 1.32. The summed E-state index contributed by atoms with van der Waals surface area (Å²) in [6.07, 6.45) is 5.26. The maximum absolute atomic E-state index is 12.4. The fourth-order valence-corrected chi connectivity index (χ4v) is 3.62. The van der Waals surface area contributed by atoms with Crippen molar-refractivity contribution in [3.05, 3.63) is 64.8 Å². The van der Waals surface area contributed by atoms with Crippen molar-refractivity contribution in [1.82, 2.24) is 15.2 Å². The van der Waals surface area contributed by atoms with Gasteiger partial charge in [0.15, 0.2) is 12.4 Å². The lowest BCUT2D eigenvalue weighted by atomic mass is 10.1. The minimum absolute atomic E-state index is 0.0342. The van der Waals surface area contributed by atoms with Gasteiger partial charge in [-0.15, -0.1) is 0 Å². The summed E-state index contributed by atoms with van der Waals surface area (Å²) >= 11 is 0.857. The second-order valence-corrected chi connectivity index (χ2v) is 7.55. The summed E-state index contributed by atoms with van der Waals surface area (Å²) in [4.78, 5) is 53.5. The number of rotatable bonds is 9. The molecule has 0 atom stereocenters. The highest BCUT2D eigenvalue weighted by Gasteiger charge is 2.34. The number of amides is 3. The van der Waals surface area contributed by atoms with E-state index in [0.29, 0.717) is 22.6 Å². The predicted molar refractivity (Wildman–Crippen MR) is 116 cm³/mol. The van der Waals surface area contributed by atoms with Crippen LogP contribution in [0.1, 0.15) is 29.3 Å². The van der Waals surface area contributed by atoms with E-state index in [-0.39, 0.29) is 36.6 Å². The van der Waals surface area contributed by atoms with Gasteiger partial charge in [0.1, 0.15) is 5.75 Å². The van der Waals surface area contributed by atoms with Crippen LogP contribution in [-0.2, 0) is 9.59 Å². The molecule has 9 heteroatoms. The van der Waals surface area contributed by atoms with Crippen LogP contribution in [0, 0.1) is 0 Å². The Morgan fingerprint density at radius 1 is 1.19 bits per heavy atom. The minimum atomic E-state index is -0.397. The van der Waals surface area contributed by atoms with Gasteiger partial charge in [0.25, 0.3) is 17.1 Å². The molecule has 1 aliphatic heterocycles. The number of Topliss-reactive ketones (excluding diaryl/α,β-unsaturated/α-hetero) is 1. The normalized spacial score (nSPS) is 14.7. The molecule has 31 heavy (non-hydrogen) atoms. The van der Waals surface area contributed by atoms with Crippen molar-refractivity contribution < 1.29 is 23.9 Å². The molecule has 0 bridgehead atoms. The van der Waals surface area contributed by atoms with E-state index in [2.05, 4.69) is 10.3 Å². The van der Waals surface area contributed by atoms with E-state index < -0.39 is 5.91 Å². The summed E-state index contributed by atoms with van der Waals surface area (Å²) in [6, 6.07) is 10.1. The first kappa shape index (κ1) is 22.2. The maximum Gasteiger partial charge on any atom is 0.293 e. The van der Waals surface area contributed by atoms with E-state index in [0.717, 1.165) is 22.2 Å². The van der Waals surface area contributed by atoms with Crippen molar-refractivity contribution in [2.75, 3.05) is 19.7 Å². The Morgan fingerprint density at radius 2 is 1.97 bits per heavy atom. The van der Waals surface area contributed by atoms with Crippen LogP contribution in [0.15, 0.2) is 53.7 Å². The molecule has 0 unspecified atom stereocenters. The molecule has 3 rings (SSSR count). The zero-order valence-corrected chi connectivity index (χ0v) is 17.7. The highest BCUT2D eigenvalue weighted by molar-refractivity contribution is 8.18. The number of aromatic nitrogens is 1. The maximum atomic E-state index is 12.4. The SMILES string of the molecule is CCC(=O)c1ccc(OCC(=O)NCCN2C(=O)S/C(=C\c3cccnc3)C2=O)cc1. The molecule has 2 aromatic rings. The summed E-state index contributed by atoms with van der Waals surface area (Å²) < 4.78 is 5.39. The molecule has 1 fully saturated rings. The second kappa shape index (κ2) is 10.5. The number of nitrogens with zero attached hydrogens (tertiary/aromatic N) is 2. The molecule has 160 valence electrons. The van der Waals surface area contributed by atoms with E-state index >= 15 is 0 Å². The van der Waals surface area contributed by atoms with E-state index in [1.54, 1.807) is 61.8 Å². The fourth-order valence-electron chi connectivity index (χ4n) is 2.75. The van der Waals surface area contributed by atoms with Crippen LogP contribution >= 0.6 is 11.8 Å². The lowest BCUT2D eigenvalue weighted by molar-refractivity contribution is -0.125. The van der Waals surface area contributed by atoms with Crippen LogP contribution < -0.4 is 10.1 Å². The molecule has 0 aliphatic carbocycles. The lowest BCUT2D eigenvalue weighted by Gasteiger charge is -2.13. The second-order valence-electron chi connectivity index (χ2n) is 6.56. The van der Waals surface area contributed by atoms with Gasteiger partial charge < -0.3 is 10.1 Å². The molecule has 1 aliphatic rings. The molecule has 1 saturated heterocycles. The molecule has 1 aromatic heterocycles. The Balaban J connectivity index is 1.44. The smallest absolute Gasteiger partial charge is 0.293 e. The third-order valence-corrected chi connectivity index (χ3v) is 5.29. The zero-order chi connectivity index (χ0) is 22.2. The Morgan fingerprint density at radius 3 is 2.65 bits per heavy atom. The van der Waals surface area contributed by atoms with Crippen molar-refractivity contribution >= 4 is 40.7 Å². The molecule has 2 heterocycles. The standard InChI is InChI=1S/C22H21N3O5S/c1-2-18(26)16-5-7-17(8-6-16)30-14-20(27)24-10-11-25-21(28)19(31-22(25)29)12-15-4-3-9-23-13-15/h3-9,12-13H,2,10-11,14H2,1H3,(H,24,27)/b19-12-. The third-order valence-electron chi connectivity index (χ3n) is 4.38. The van der Waals surface area contributed by atoms with Gasteiger partial charge >= 0.3 is 0 Å². The Bertz CT molecular complexity index is 1010. The molecule has 0 saturated carbocycles. The van der Waals surface area contributed by atoms with Crippen LogP contribution in [0.25, 0.3) is 6.08 Å². The fraction of sp³-hybridized carbons (Fsp3) is 0.227. The van der Waals surface area contributed by atoms with E-state index in [1.807, 2.05) is 0 Å². The first-order chi connectivity index (χ1) is 15.0. The molecule has 1 aromatic carbocycles. The first-order valence-corrected chi connectivity index (χ1v) is 10.5. The molecule has 3 amide bonds. The van der Waals surface area contributed by atoms with Crippen molar-refractivity contribution in [2.45, 2.75) is 13.3 Å². The number of imide groups is 1. The predicted octanol–water partition coefficient (Wildman–Crippen LogP) is 2.91. The van der Waals surface area contributed by atoms with Gasteiger partial charge in [-0.2, -0.15) is 0 Å². The minimum Gasteiger partial charge on any atom is -0.484 e. The van der Waals surface area contributed by atoms with Crippen molar-refractivity contribution in [3.63, 3.8) is 0 Å². The van der Waals surface area contributed by atoms with E-state index in [4.69, 9.17) is 4.74 Å². The number of carbonyl (C=O) groups is 4. The number of ether oxygens (including phenoxy) is 1. The van der Waals surface area contributed by atoms with Gasteiger partial charge in [0, 0.05) is 37.5 Å². The van der Waals surface area contributed by atoms with Gasteiger partial charge in [-0.1, -0.05) is 13.0 Å². The number of nitrogens with one attached hydrogen (secondary N) is 1. The van der Waals surface area contributed by atoms with E-state index in [9.17, 15) is 19.2 Å². The number of pyridine rings is 1. The van der Waals surface area contributed by atoms with Crippen molar-refractivity contribution in [3.8, 4) is 5.75 Å². The topological polar surface area (TPSA) is 106 Å². The highest BCUT2D eigenvalue weighted by Crippen LogP contribution is 2.31. The largest absolute Gasteiger partial charge is 0.484 e. The quantitative estimate of drug-likeness (QED) is 0.473. The molecule has 1 N–H and O–H groups in total. The third kappa shape index (κ3) is 6.02.